The Balaban J connectivity index is 0.000000179. The molecule has 6 atom stereocenters. The molecule has 4 aliphatic heterocycles. The summed E-state index contributed by atoms with van der Waals surface area (Å²) in [5, 5.41) is 4.86. The Morgan fingerprint density at radius 3 is 1.67 bits per heavy atom. The van der Waals surface area contributed by atoms with Crippen molar-refractivity contribution in [2.45, 2.75) is 97.3 Å². The van der Waals surface area contributed by atoms with Crippen molar-refractivity contribution in [3.63, 3.8) is 0 Å². The summed E-state index contributed by atoms with van der Waals surface area (Å²) in [6, 6.07) is 13.1. The van der Waals surface area contributed by atoms with E-state index in [1.54, 1.807) is 6.07 Å². The maximum atomic E-state index is 14.0. The molecule has 3 N–H and O–H groups in total. The highest BCUT2D eigenvalue weighted by Crippen LogP contribution is 2.35. The normalized spacial score (nSPS) is 18.3. The molecule has 0 bridgehead atoms. The lowest BCUT2D eigenvalue weighted by atomic mass is 9.99. The fraction of sp³-hybridized carbons (Fsp3) is 0.378. The van der Waals surface area contributed by atoms with Crippen LogP contribution in [0.2, 0.25) is 10.0 Å². The van der Waals surface area contributed by atoms with E-state index >= 15 is 0 Å². The predicted octanol–water partition coefficient (Wildman–Crippen LogP) is 8.47. The number of alkyl halides is 2. The second kappa shape index (κ2) is 21.2. The lowest BCUT2D eigenvalue weighted by Crippen LogP contribution is -2.39. The number of fused-ring (bicyclic) bond motifs is 6. The van der Waals surface area contributed by atoms with Crippen LogP contribution in [0.4, 0.5) is 40.3 Å². The molecule has 10 rings (SSSR count). The average Bonchev–Trinajstić information content (AvgIpc) is 4.09. The fourth-order valence-electron chi connectivity index (χ4n) is 8.31. The van der Waals surface area contributed by atoms with Crippen molar-refractivity contribution in [1.82, 2.24) is 39.0 Å². The highest BCUT2D eigenvalue weighted by atomic mass is 35.5. The van der Waals surface area contributed by atoms with E-state index in [1.165, 1.54) is 42.3 Å². The van der Waals surface area contributed by atoms with Gasteiger partial charge in [-0.05, 0) is 101 Å². The molecule has 3 radical (unpaired) electrons. The number of hydrogen-bond donors (Lipinski definition) is 2. The zero-order valence-corrected chi connectivity index (χ0v) is 37.8. The number of halogens is 5. The Bertz CT molecular complexity index is 2730. The third-order valence-electron chi connectivity index (χ3n) is 11.5. The molecule has 2 aromatic carbocycles. The van der Waals surface area contributed by atoms with E-state index in [2.05, 4.69) is 50.4 Å². The zero-order chi connectivity index (χ0) is 46.1. The van der Waals surface area contributed by atoms with Crippen molar-refractivity contribution in [3.05, 3.63) is 124 Å². The van der Waals surface area contributed by atoms with Crippen LogP contribution in [0.3, 0.4) is 0 Å². The Hall–Kier alpha value is -6.25. The van der Waals surface area contributed by atoms with E-state index in [9.17, 15) is 22.8 Å². The molecule has 0 unspecified atom stereocenters. The largest absolute Gasteiger partial charge is 0.447 e. The summed E-state index contributed by atoms with van der Waals surface area (Å²) in [6.07, 6.45) is 5.06. The second-order valence-electron chi connectivity index (χ2n) is 15.8. The molecule has 8 heterocycles. The summed E-state index contributed by atoms with van der Waals surface area (Å²) in [4.78, 5) is 50.1. The summed E-state index contributed by atoms with van der Waals surface area (Å²) in [5.74, 6) is 0.618. The number of nitrogens with zero attached hydrogens (tertiary/aromatic N) is 10. The third kappa shape index (κ3) is 10.2. The third-order valence-corrected chi connectivity index (χ3v) is 12.2. The Morgan fingerprint density at radius 1 is 0.701 bits per heavy atom. The smallest absolute Gasteiger partial charge is 0.416 e. The number of cyclic esters (lactones) is 2. The average molecular weight is 961 g/mol. The number of carbonyl (C=O) groups is 2. The van der Waals surface area contributed by atoms with E-state index in [4.69, 9.17) is 38.4 Å². The van der Waals surface area contributed by atoms with E-state index < -0.39 is 42.7 Å². The van der Waals surface area contributed by atoms with Crippen LogP contribution in [-0.2, 0) is 35.2 Å². The second-order valence-corrected chi connectivity index (χ2v) is 16.6. The standard InChI is InChI=1S/C22H22ClFN6O2.C13H14ClN3.C9H9F2N3O2.CH4.B/c1-12(24)18-10-32-22(31)30(18)19-8-9-25-21(28-19)27-13(2)20-17-7-6-14-15(23)4-3-5-16(14)29(17)11-26-20;1-8(15)13-12-6-5-9-10(14)3-2-4-11(9)17(12)7-16-13;1-5(10)6-4-16-9(15)14(6)7-2-3-12-8(11)13-7;;/h3-5,8-9,11-13,18H,6-7,10H2,1-2H3,(H,25,27,28);2-4,7-8H,5-6,15H2,1H3;2-3,5-6H,4H2,1H3;1H4;/t12-,13-,18+;8-;5-,6+;;/m000../s1. The minimum Gasteiger partial charge on any atom is -0.447 e. The van der Waals surface area contributed by atoms with Gasteiger partial charge >= 0.3 is 18.3 Å². The van der Waals surface area contributed by atoms with Gasteiger partial charge < -0.3 is 29.7 Å². The Labute approximate surface area is 397 Å². The number of carbonyl (C=O) groups excluding carboxylic acids is 2. The van der Waals surface area contributed by atoms with E-state index in [0.29, 0.717) is 11.8 Å². The summed E-state index contributed by atoms with van der Waals surface area (Å²) in [7, 11) is 0. The van der Waals surface area contributed by atoms with Gasteiger partial charge in [-0.15, -0.1) is 0 Å². The van der Waals surface area contributed by atoms with Gasteiger partial charge in [0.25, 0.3) is 0 Å². The quantitative estimate of drug-likeness (QED) is 0.110. The number of benzene rings is 2. The number of aromatic nitrogens is 8. The van der Waals surface area contributed by atoms with Crippen LogP contribution in [-0.4, -0.2) is 97.3 Å². The van der Waals surface area contributed by atoms with Crippen LogP contribution < -0.4 is 20.9 Å². The summed E-state index contributed by atoms with van der Waals surface area (Å²) < 4.78 is 53.8. The van der Waals surface area contributed by atoms with E-state index in [1.807, 2.05) is 56.8 Å². The van der Waals surface area contributed by atoms with Gasteiger partial charge in [0.1, 0.15) is 49.3 Å². The van der Waals surface area contributed by atoms with Crippen molar-refractivity contribution >= 4 is 61.4 Å². The SMILES string of the molecule is C.C[C@H](F)[C@H]1COC(=O)N1c1ccnc(F)n1.C[C@H](N)c1ncn2c1CCc1c(Cl)cccc1-2.C[C@H](Nc1nccc(N2C(=O)OC[C@@H]2[C@H](C)F)n1)c1ncn2c1CCc1c(Cl)cccc1-2.[B]. The molecule has 0 aliphatic carbocycles. The highest BCUT2D eigenvalue weighted by molar-refractivity contribution is 6.32. The minimum atomic E-state index is -1.29. The molecule has 4 aliphatic rings. The zero-order valence-electron chi connectivity index (χ0n) is 36.3. The Morgan fingerprint density at radius 2 is 1.18 bits per heavy atom. The lowest BCUT2D eigenvalue weighted by Gasteiger charge is -2.23. The van der Waals surface area contributed by atoms with Gasteiger partial charge in [-0.3, -0.25) is 9.80 Å². The fourth-order valence-corrected chi connectivity index (χ4v) is 8.84. The molecule has 0 spiro atoms. The van der Waals surface area contributed by atoms with Gasteiger partial charge in [0.05, 0.1) is 41.5 Å². The Kier molecular flexibility index (Phi) is 15.8. The maximum Gasteiger partial charge on any atom is 0.416 e. The summed E-state index contributed by atoms with van der Waals surface area (Å²) in [5.41, 5.74) is 14.6. The van der Waals surface area contributed by atoms with Crippen LogP contribution in [0.15, 0.2) is 73.6 Å². The molecule has 351 valence electrons. The number of nitrogens with two attached hydrogens (primary N) is 1. The molecule has 4 aromatic heterocycles. The summed E-state index contributed by atoms with van der Waals surface area (Å²) in [6.45, 7) is 6.57. The predicted molar refractivity (Wildman–Crippen MR) is 249 cm³/mol. The minimum absolute atomic E-state index is 0. The van der Waals surface area contributed by atoms with Gasteiger partial charge in [0, 0.05) is 48.3 Å². The number of anilines is 3. The molecule has 2 saturated heterocycles. The van der Waals surface area contributed by atoms with Crippen molar-refractivity contribution in [2.75, 3.05) is 28.3 Å². The van der Waals surface area contributed by atoms with Gasteiger partial charge in [0.15, 0.2) is 0 Å². The topological polar surface area (TPSA) is 184 Å². The van der Waals surface area contributed by atoms with E-state index in [-0.39, 0.29) is 47.0 Å². The maximum absolute atomic E-state index is 14.0. The van der Waals surface area contributed by atoms with Crippen molar-refractivity contribution in [2.24, 2.45) is 5.73 Å². The first-order valence-electron chi connectivity index (χ1n) is 20.9. The number of imidazole rings is 2. The summed E-state index contributed by atoms with van der Waals surface area (Å²) >= 11 is 12.6. The van der Waals surface area contributed by atoms with E-state index in [0.717, 1.165) is 80.8 Å². The number of amides is 2. The van der Waals surface area contributed by atoms with Crippen LogP contribution in [0.5, 0.6) is 0 Å². The van der Waals surface area contributed by atoms with Crippen molar-refractivity contribution < 1.29 is 32.2 Å². The van der Waals surface area contributed by atoms with Crippen molar-refractivity contribution in [1.29, 1.82) is 0 Å². The first kappa shape index (κ1) is 50.2. The van der Waals surface area contributed by atoms with Crippen LogP contribution >= 0.6 is 23.2 Å². The number of ether oxygens (including phenoxy) is 2. The number of hydrogen-bond acceptors (Lipinski definition) is 12. The molecule has 22 heteroatoms. The molecule has 2 fully saturated rings. The first-order valence-corrected chi connectivity index (χ1v) is 21.7. The molecule has 0 saturated carbocycles. The highest BCUT2D eigenvalue weighted by Gasteiger charge is 2.40. The molecule has 2 amide bonds. The first-order chi connectivity index (χ1) is 31.2. The van der Waals surface area contributed by atoms with Gasteiger partial charge in [-0.1, -0.05) is 42.8 Å². The molecule has 16 nitrogen and oxygen atoms in total. The van der Waals surface area contributed by atoms with Gasteiger partial charge in [0.2, 0.25) is 5.95 Å². The van der Waals surface area contributed by atoms with Crippen LogP contribution in [0.25, 0.3) is 11.4 Å². The van der Waals surface area contributed by atoms with Gasteiger partial charge in [-0.2, -0.15) is 14.4 Å². The lowest BCUT2D eigenvalue weighted by molar-refractivity contribution is 0.173. The van der Waals surface area contributed by atoms with Crippen molar-refractivity contribution in [3.8, 4) is 11.4 Å². The monoisotopic (exact) mass is 959 g/mol. The number of nitrogens with one attached hydrogen (secondary N) is 1. The van der Waals surface area contributed by atoms with Gasteiger partial charge in [-0.25, -0.2) is 38.3 Å². The van der Waals surface area contributed by atoms with Crippen LogP contribution in [0.1, 0.15) is 81.1 Å². The van der Waals surface area contributed by atoms with Crippen LogP contribution in [0, 0.1) is 6.08 Å². The number of rotatable bonds is 8. The molecular weight excluding hydrogens is 911 g/mol. The molecule has 6 aromatic rings. The molecule has 67 heavy (non-hydrogen) atoms. The molecular formula is C45H49BCl2F3N12O4.